The SMILES string of the molecule is CC1CN(CCCCCCN2CCOC2=O)C(=O)O1. The van der Waals surface area contributed by atoms with E-state index in [1.54, 1.807) is 9.80 Å². The quantitative estimate of drug-likeness (QED) is 0.662. The van der Waals surface area contributed by atoms with Crippen LogP contribution >= 0.6 is 0 Å². The zero-order valence-corrected chi connectivity index (χ0v) is 11.5. The maximum atomic E-state index is 11.4. The average Bonchev–Trinajstić information content (AvgIpc) is 2.90. The van der Waals surface area contributed by atoms with Crippen molar-refractivity contribution in [2.45, 2.75) is 38.7 Å². The number of hydrogen-bond acceptors (Lipinski definition) is 4. The topological polar surface area (TPSA) is 59.1 Å². The lowest BCUT2D eigenvalue weighted by molar-refractivity contribution is 0.138. The van der Waals surface area contributed by atoms with Crippen molar-refractivity contribution in [1.29, 1.82) is 0 Å². The van der Waals surface area contributed by atoms with Gasteiger partial charge in [-0.15, -0.1) is 0 Å². The lowest BCUT2D eigenvalue weighted by Crippen LogP contribution is -2.26. The fourth-order valence-electron chi connectivity index (χ4n) is 2.44. The van der Waals surface area contributed by atoms with Crippen LogP contribution in [0.4, 0.5) is 9.59 Å². The highest BCUT2D eigenvalue weighted by atomic mass is 16.6. The standard InChI is InChI=1S/C13H22N2O4/c1-11-10-15(13(17)19-11)7-5-3-2-4-6-14-8-9-18-12(14)16/h11H,2-10H2,1H3. The molecule has 6 heteroatoms. The number of cyclic esters (lactones) is 2. The molecule has 1 unspecified atom stereocenters. The van der Waals surface area contributed by atoms with Crippen LogP contribution in [0.2, 0.25) is 0 Å². The number of carbonyl (C=O) groups excluding carboxylic acids is 2. The maximum Gasteiger partial charge on any atom is 0.410 e. The summed E-state index contributed by atoms with van der Waals surface area (Å²) in [7, 11) is 0. The zero-order valence-electron chi connectivity index (χ0n) is 11.5. The first-order chi connectivity index (χ1) is 9.16. The Morgan fingerprint density at radius 1 is 1.05 bits per heavy atom. The Hall–Kier alpha value is -1.46. The van der Waals surface area contributed by atoms with E-state index >= 15 is 0 Å². The molecule has 2 rings (SSSR count). The van der Waals surface area contributed by atoms with Crippen LogP contribution < -0.4 is 0 Å². The first-order valence-electron chi connectivity index (χ1n) is 7.04. The summed E-state index contributed by atoms with van der Waals surface area (Å²) in [5.41, 5.74) is 0. The molecule has 0 spiro atoms. The molecule has 19 heavy (non-hydrogen) atoms. The van der Waals surface area contributed by atoms with Crippen LogP contribution in [0.3, 0.4) is 0 Å². The fourth-order valence-corrected chi connectivity index (χ4v) is 2.44. The van der Waals surface area contributed by atoms with Crippen molar-refractivity contribution < 1.29 is 19.1 Å². The smallest absolute Gasteiger partial charge is 0.410 e. The highest BCUT2D eigenvalue weighted by Crippen LogP contribution is 2.12. The second kappa shape index (κ2) is 6.63. The third-order valence-electron chi connectivity index (χ3n) is 3.49. The highest BCUT2D eigenvalue weighted by Gasteiger charge is 2.27. The Morgan fingerprint density at radius 2 is 1.74 bits per heavy atom. The molecule has 0 radical (unpaired) electrons. The number of ether oxygens (including phenoxy) is 2. The van der Waals surface area contributed by atoms with Crippen molar-refractivity contribution in [1.82, 2.24) is 9.80 Å². The highest BCUT2D eigenvalue weighted by molar-refractivity contribution is 5.69. The Labute approximate surface area is 113 Å². The molecule has 2 saturated heterocycles. The van der Waals surface area contributed by atoms with Crippen LogP contribution in [0.5, 0.6) is 0 Å². The summed E-state index contributed by atoms with van der Waals surface area (Å²) in [6, 6.07) is 0. The molecular weight excluding hydrogens is 248 g/mol. The third-order valence-corrected chi connectivity index (χ3v) is 3.49. The summed E-state index contributed by atoms with van der Waals surface area (Å²) in [5, 5.41) is 0. The molecule has 0 N–H and O–H groups in total. The predicted molar refractivity (Wildman–Crippen MR) is 68.9 cm³/mol. The minimum absolute atomic E-state index is 0.0219. The van der Waals surface area contributed by atoms with Gasteiger partial charge in [0.15, 0.2) is 0 Å². The second-order valence-electron chi connectivity index (χ2n) is 5.16. The third kappa shape index (κ3) is 4.01. The number of hydrogen-bond donors (Lipinski definition) is 0. The number of amides is 2. The monoisotopic (exact) mass is 270 g/mol. The minimum Gasteiger partial charge on any atom is -0.448 e. The molecule has 1 atom stereocenters. The van der Waals surface area contributed by atoms with Crippen LogP contribution in [0.15, 0.2) is 0 Å². The van der Waals surface area contributed by atoms with E-state index in [1.807, 2.05) is 6.92 Å². The van der Waals surface area contributed by atoms with Gasteiger partial charge in [-0.25, -0.2) is 9.59 Å². The molecule has 2 amide bonds. The van der Waals surface area contributed by atoms with Gasteiger partial charge in [0.25, 0.3) is 0 Å². The molecule has 108 valence electrons. The normalized spacial score (nSPS) is 22.9. The van der Waals surface area contributed by atoms with Crippen molar-refractivity contribution in [2.75, 3.05) is 32.8 Å². The van der Waals surface area contributed by atoms with Gasteiger partial charge in [0.2, 0.25) is 0 Å². The summed E-state index contributed by atoms with van der Waals surface area (Å²) in [6.07, 6.45) is 3.78. The van der Waals surface area contributed by atoms with E-state index in [-0.39, 0.29) is 18.3 Å². The Bertz CT molecular complexity index is 335. The lowest BCUT2D eigenvalue weighted by Gasteiger charge is -2.13. The van der Waals surface area contributed by atoms with E-state index in [9.17, 15) is 9.59 Å². The first kappa shape index (κ1) is 14.0. The molecule has 0 aromatic carbocycles. The molecule has 0 aromatic heterocycles. The van der Waals surface area contributed by atoms with Crippen molar-refractivity contribution in [3.63, 3.8) is 0 Å². The van der Waals surface area contributed by atoms with E-state index < -0.39 is 0 Å². The summed E-state index contributed by atoms with van der Waals surface area (Å²) in [6.45, 7) is 5.41. The van der Waals surface area contributed by atoms with E-state index in [2.05, 4.69) is 0 Å². The summed E-state index contributed by atoms with van der Waals surface area (Å²) in [5.74, 6) is 0. The van der Waals surface area contributed by atoms with E-state index in [0.717, 1.165) is 45.3 Å². The Balaban J connectivity index is 1.48. The zero-order chi connectivity index (χ0) is 13.7. The number of unbranched alkanes of at least 4 members (excludes halogenated alkanes) is 3. The minimum atomic E-state index is -0.188. The first-order valence-corrected chi connectivity index (χ1v) is 7.04. The molecule has 2 aliphatic rings. The molecular formula is C13H22N2O4. The fraction of sp³-hybridized carbons (Fsp3) is 0.846. The van der Waals surface area contributed by atoms with Crippen molar-refractivity contribution in [3.05, 3.63) is 0 Å². The number of nitrogens with zero attached hydrogens (tertiary/aromatic N) is 2. The van der Waals surface area contributed by atoms with Crippen LogP contribution in [0.1, 0.15) is 32.6 Å². The van der Waals surface area contributed by atoms with Gasteiger partial charge in [-0.05, 0) is 19.8 Å². The van der Waals surface area contributed by atoms with Gasteiger partial charge in [0, 0.05) is 13.1 Å². The molecule has 2 aliphatic heterocycles. The van der Waals surface area contributed by atoms with Crippen LogP contribution in [-0.4, -0.2) is 60.9 Å². The van der Waals surface area contributed by atoms with Crippen LogP contribution in [0.25, 0.3) is 0 Å². The predicted octanol–water partition coefficient (Wildman–Crippen LogP) is 1.84. The van der Waals surface area contributed by atoms with Gasteiger partial charge in [-0.3, -0.25) is 0 Å². The molecule has 0 aliphatic carbocycles. The molecule has 0 bridgehead atoms. The molecule has 2 heterocycles. The van der Waals surface area contributed by atoms with Crippen molar-refractivity contribution >= 4 is 12.2 Å². The second-order valence-corrected chi connectivity index (χ2v) is 5.16. The van der Waals surface area contributed by atoms with Crippen LogP contribution in [-0.2, 0) is 9.47 Å². The molecule has 2 fully saturated rings. The average molecular weight is 270 g/mol. The molecule has 0 aromatic rings. The van der Waals surface area contributed by atoms with Crippen molar-refractivity contribution in [3.8, 4) is 0 Å². The van der Waals surface area contributed by atoms with Gasteiger partial charge in [-0.2, -0.15) is 0 Å². The Kier molecular flexibility index (Phi) is 4.87. The maximum absolute atomic E-state index is 11.4. The van der Waals surface area contributed by atoms with E-state index in [0.29, 0.717) is 13.2 Å². The van der Waals surface area contributed by atoms with Gasteiger partial charge in [0.1, 0.15) is 12.7 Å². The largest absolute Gasteiger partial charge is 0.448 e. The molecule has 6 nitrogen and oxygen atoms in total. The van der Waals surface area contributed by atoms with Crippen LogP contribution in [0, 0.1) is 0 Å². The summed E-state index contributed by atoms with van der Waals surface area (Å²) >= 11 is 0. The Morgan fingerprint density at radius 3 is 2.26 bits per heavy atom. The van der Waals surface area contributed by atoms with Crippen molar-refractivity contribution in [2.24, 2.45) is 0 Å². The van der Waals surface area contributed by atoms with E-state index in [1.165, 1.54) is 0 Å². The van der Waals surface area contributed by atoms with Gasteiger partial charge in [0.05, 0.1) is 13.1 Å². The molecule has 0 saturated carbocycles. The lowest BCUT2D eigenvalue weighted by atomic mass is 10.2. The number of rotatable bonds is 7. The number of carbonyl (C=O) groups is 2. The van der Waals surface area contributed by atoms with E-state index in [4.69, 9.17) is 9.47 Å². The summed E-state index contributed by atoms with van der Waals surface area (Å²) < 4.78 is 9.92. The van der Waals surface area contributed by atoms with Gasteiger partial charge >= 0.3 is 12.2 Å². The van der Waals surface area contributed by atoms with Gasteiger partial charge < -0.3 is 19.3 Å². The summed E-state index contributed by atoms with van der Waals surface area (Å²) in [4.78, 5) is 26.1. The van der Waals surface area contributed by atoms with Gasteiger partial charge in [-0.1, -0.05) is 12.8 Å².